The van der Waals surface area contributed by atoms with Gasteiger partial charge in [-0.05, 0) is 36.6 Å². The minimum atomic E-state index is -4.31. The molecule has 1 aromatic carbocycles. The van der Waals surface area contributed by atoms with Gasteiger partial charge in [-0.3, -0.25) is 4.90 Å². The van der Waals surface area contributed by atoms with Crippen LogP contribution in [0.15, 0.2) is 30.3 Å². The molecule has 0 spiro atoms. The Morgan fingerprint density at radius 3 is 2.64 bits per heavy atom. The van der Waals surface area contributed by atoms with Crippen molar-refractivity contribution in [2.75, 3.05) is 13.1 Å². The molecule has 2 rings (SSSR count). The maximum absolute atomic E-state index is 12.7. The van der Waals surface area contributed by atoms with Crippen LogP contribution >= 0.6 is 12.4 Å². The summed E-state index contributed by atoms with van der Waals surface area (Å²) in [7, 11) is 0. The van der Waals surface area contributed by atoms with Crippen molar-refractivity contribution in [3.63, 3.8) is 0 Å². The Morgan fingerprint density at radius 2 is 2.09 bits per heavy atom. The monoisotopic (exact) mass is 330 g/mol. The van der Waals surface area contributed by atoms with Gasteiger partial charge in [0.1, 0.15) is 0 Å². The quantitative estimate of drug-likeness (QED) is 0.814. The van der Waals surface area contributed by atoms with Crippen LogP contribution in [0.3, 0.4) is 0 Å². The second-order valence-electron chi connectivity index (χ2n) is 5.26. The molecule has 1 heterocycles. The Hall–Kier alpha value is -1.51. The molecule has 0 aliphatic carbocycles. The minimum absolute atomic E-state index is 0. The molecular weight excluding hydrogens is 313 g/mol. The zero-order chi connectivity index (χ0) is 15.5. The van der Waals surface area contributed by atoms with Gasteiger partial charge < -0.3 is 0 Å². The van der Waals surface area contributed by atoms with Crippen LogP contribution in [0.2, 0.25) is 0 Å². The third-order valence-corrected chi connectivity index (χ3v) is 3.81. The molecule has 0 aromatic heterocycles. The van der Waals surface area contributed by atoms with Gasteiger partial charge in [0.2, 0.25) is 0 Å². The van der Waals surface area contributed by atoms with Crippen molar-refractivity contribution in [1.29, 1.82) is 5.26 Å². The van der Waals surface area contributed by atoms with Crippen molar-refractivity contribution in [2.45, 2.75) is 32.0 Å². The highest BCUT2D eigenvalue weighted by Crippen LogP contribution is 2.32. The van der Waals surface area contributed by atoms with Gasteiger partial charge >= 0.3 is 6.18 Å². The zero-order valence-electron chi connectivity index (χ0n) is 12.2. The van der Waals surface area contributed by atoms with Crippen molar-refractivity contribution in [1.82, 2.24) is 4.90 Å². The normalized spacial score (nSPS) is 17.1. The molecule has 1 aliphatic rings. The number of halogens is 4. The SMILES string of the molecule is CC(CC#N)N1CC=C(c2cccc(C(F)(F)F)c2)CC1.Cl. The lowest BCUT2D eigenvalue weighted by molar-refractivity contribution is -0.137. The molecule has 2 nitrogen and oxygen atoms in total. The largest absolute Gasteiger partial charge is 0.416 e. The third kappa shape index (κ3) is 4.49. The first-order valence-corrected chi connectivity index (χ1v) is 6.89. The Balaban J connectivity index is 0.00000242. The molecule has 0 amide bonds. The molecule has 1 unspecified atom stereocenters. The Labute approximate surface area is 134 Å². The first kappa shape index (κ1) is 18.5. The molecule has 22 heavy (non-hydrogen) atoms. The second kappa shape index (κ2) is 7.66. The van der Waals surface area contributed by atoms with Gasteiger partial charge in [-0.15, -0.1) is 12.4 Å². The first-order chi connectivity index (χ1) is 9.91. The molecule has 6 heteroatoms. The predicted molar refractivity (Wildman–Crippen MR) is 82.6 cm³/mol. The Kier molecular flexibility index (Phi) is 6.46. The summed E-state index contributed by atoms with van der Waals surface area (Å²) < 4.78 is 38.2. The molecule has 1 aromatic rings. The predicted octanol–water partition coefficient (Wildman–Crippen LogP) is 4.52. The van der Waals surface area contributed by atoms with Gasteiger partial charge in [-0.2, -0.15) is 18.4 Å². The Bertz CT molecular complexity index is 575. The number of nitriles is 1. The molecule has 0 N–H and O–H groups in total. The van der Waals surface area contributed by atoms with E-state index in [4.69, 9.17) is 5.26 Å². The van der Waals surface area contributed by atoms with E-state index in [9.17, 15) is 13.2 Å². The van der Waals surface area contributed by atoms with E-state index < -0.39 is 11.7 Å². The third-order valence-electron chi connectivity index (χ3n) is 3.81. The maximum Gasteiger partial charge on any atom is 0.416 e. The van der Waals surface area contributed by atoms with Crippen LogP contribution in [-0.4, -0.2) is 24.0 Å². The van der Waals surface area contributed by atoms with E-state index in [2.05, 4.69) is 11.0 Å². The fourth-order valence-corrected chi connectivity index (χ4v) is 2.50. The van der Waals surface area contributed by atoms with Crippen molar-refractivity contribution in [2.24, 2.45) is 0 Å². The number of rotatable bonds is 3. The van der Waals surface area contributed by atoms with Gasteiger partial charge in [0.05, 0.1) is 18.1 Å². The van der Waals surface area contributed by atoms with Crippen LogP contribution in [0.1, 0.15) is 30.9 Å². The average Bonchev–Trinajstić information content (AvgIpc) is 2.47. The van der Waals surface area contributed by atoms with E-state index in [1.807, 2.05) is 13.0 Å². The van der Waals surface area contributed by atoms with E-state index in [1.165, 1.54) is 12.1 Å². The van der Waals surface area contributed by atoms with E-state index in [0.717, 1.165) is 18.2 Å². The standard InChI is InChI=1S/C16H17F3N2.ClH/c1-12(5-8-20)21-9-6-13(7-10-21)14-3-2-4-15(11-14)16(17,18)19;/h2-4,6,11-12H,5,7,9-10H2,1H3;1H. The van der Waals surface area contributed by atoms with E-state index in [1.54, 1.807) is 6.07 Å². The summed E-state index contributed by atoms with van der Waals surface area (Å²) in [6, 6.07) is 7.79. The van der Waals surface area contributed by atoms with Gasteiger partial charge in [-0.25, -0.2) is 0 Å². The van der Waals surface area contributed by atoms with Gasteiger partial charge in [0.25, 0.3) is 0 Å². The van der Waals surface area contributed by atoms with E-state index >= 15 is 0 Å². The number of alkyl halides is 3. The highest BCUT2D eigenvalue weighted by Gasteiger charge is 2.30. The summed E-state index contributed by atoms with van der Waals surface area (Å²) >= 11 is 0. The fourth-order valence-electron chi connectivity index (χ4n) is 2.50. The first-order valence-electron chi connectivity index (χ1n) is 6.89. The van der Waals surface area contributed by atoms with Crippen LogP contribution in [0.5, 0.6) is 0 Å². The molecule has 0 bridgehead atoms. The molecule has 1 aliphatic heterocycles. The summed E-state index contributed by atoms with van der Waals surface area (Å²) in [6.45, 7) is 3.44. The van der Waals surface area contributed by atoms with Gasteiger partial charge in [0.15, 0.2) is 0 Å². The summed E-state index contributed by atoms with van der Waals surface area (Å²) in [5.74, 6) is 0. The highest BCUT2D eigenvalue weighted by molar-refractivity contribution is 5.85. The highest BCUT2D eigenvalue weighted by atomic mass is 35.5. The van der Waals surface area contributed by atoms with Crippen LogP contribution in [-0.2, 0) is 6.18 Å². The molecule has 0 fully saturated rings. The molecular formula is C16H18ClF3N2. The second-order valence-corrected chi connectivity index (χ2v) is 5.26. The molecule has 1 atom stereocenters. The number of nitrogens with zero attached hydrogens (tertiary/aromatic N) is 2. The molecule has 120 valence electrons. The summed E-state index contributed by atoms with van der Waals surface area (Å²) in [5.41, 5.74) is 0.972. The summed E-state index contributed by atoms with van der Waals surface area (Å²) in [4.78, 5) is 2.17. The fraction of sp³-hybridized carbons (Fsp3) is 0.438. The number of benzene rings is 1. The summed E-state index contributed by atoms with van der Waals surface area (Å²) in [6.07, 6.45) is -1.17. The van der Waals surface area contributed by atoms with Crippen LogP contribution in [0.4, 0.5) is 13.2 Å². The number of hydrogen-bond donors (Lipinski definition) is 0. The van der Waals surface area contributed by atoms with Crippen LogP contribution < -0.4 is 0 Å². The van der Waals surface area contributed by atoms with Crippen molar-refractivity contribution >= 4 is 18.0 Å². The zero-order valence-corrected chi connectivity index (χ0v) is 13.0. The lowest BCUT2D eigenvalue weighted by Crippen LogP contribution is -2.36. The van der Waals surface area contributed by atoms with E-state index in [0.29, 0.717) is 24.9 Å². The van der Waals surface area contributed by atoms with E-state index in [-0.39, 0.29) is 18.4 Å². The maximum atomic E-state index is 12.7. The average molecular weight is 331 g/mol. The smallest absolute Gasteiger partial charge is 0.296 e. The van der Waals surface area contributed by atoms with Crippen molar-refractivity contribution in [3.05, 3.63) is 41.5 Å². The molecule has 0 saturated carbocycles. The van der Waals surface area contributed by atoms with Crippen LogP contribution in [0, 0.1) is 11.3 Å². The minimum Gasteiger partial charge on any atom is -0.296 e. The van der Waals surface area contributed by atoms with Gasteiger partial charge in [0, 0.05) is 19.1 Å². The summed E-state index contributed by atoms with van der Waals surface area (Å²) in [5, 5.41) is 8.71. The Morgan fingerprint density at radius 1 is 1.36 bits per heavy atom. The van der Waals surface area contributed by atoms with Crippen molar-refractivity contribution < 1.29 is 13.2 Å². The van der Waals surface area contributed by atoms with Gasteiger partial charge in [-0.1, -0.05) is 18.2 Å². The lowest BCUT2D eigenvalue weighted by Gasteiger charge is -2.30. The number of hydrogen-bond acceptors (Lipinski definition) is 2. The molecule has 0 saturated heterocycles. The lowest BCUT2D eigenvalue weighted by atomic mass is 9.97. The topological polar surface area (TPSA) is 27.0 Å². The van der Waals surface area contributed by atoms with Crippen molar-refractivity contribution in [3.8, 4) is 6.07 Å². The van der Waals surface area contributed by atoms with Crippen LogP contribution in [0.25, 0.3) is 5.57 Å². The molecule has 0 radical (unpaired) electrons.